The normalized spacial score (nSPS) is 27.1. The van der Waals surface area contributed by atoms with E-state index in [0.717, 1.165) is 51.4 Å². The number of Topliss-reactive ketones (excluding diaryl/α,β-unsaturated/α-hetero) is 2. The van der Waals surface area contributed by atoms with Gasteiger partial charge in [-0.15, -0.1) is 0 Å². The van der Waals surface area contributed by atoms with Gasteiger partial charge in [0, 0.05) is 66.2 Å². The Morgan fingerprint density at radius 2 is 0.885 bits per heavy atom. The number of carbonyl (C=O) groups excluding carboxylic acids is 6. The van der Waals surface area contributed by atoms with Crippen molar-refractivity contribution < 1.29 is 38.2 Å². The Hall–Kier alpha value is -3.58. The van der Waals surface area contributed by atoms with E-state index in [0.29, 0.717) is 52.1 Å². The maximum Gasteiger partial charge on any atom is 0.410 e. The van der Waals surface area contributed by atoms with Gasteiger partial charge in [0.25, 0.3) is 0 Å². The highest BCUT2D eigenvalue weighted by Gasteiger charge is 2.46. The molecule has 4 bridgehead atoms. The van der Waals surface area contributed by atoms with Gasteiger partial charge in [-0.25, -0.2) is 19.2 Å². The second-order valence-electron chi connectivity index (χ2n) is 17.7. The van der Waals surface area contributed by atoms with Crippen molar-refractivity contribution in [1.29, 1.82) is 0 Å². The van der Waals surface area contributed by atoms with Crippen molar-refractivity contribution in [1.82, 2.24) is 29.4 Å². The lowest BCUT2D eigenvalue weighted by Crippen LogP contribution is -2.46. The average Bonchev–Trinajstić information content (AvgIpc) is 3.42. The number of hydrogen-bond acceptors (Lipinski definition) is 8. The molecular weight excluding hydrogens is 668 g/mol. The first kappa shape index (κ1) is 39.6. The zero-order chi connectivity index (χ0) is 38.1. The summed E-state index contributed by atoms with van der Waals surface area (Å²) in [6.45, 7) is 15.1. The molecule has 6 heterocycles. The predicted molar refractivity (Wildman–Crippen MR) is 194 cm³/mol. The van der Waals surface area contributed by atoms with E-state index < -0.39 is 11.2 Å². The van der Waals surface area contributed by atoms with E-state index in [2.05, 4.69) is 0 Å². The van der Waals surface area contributed by atoms with Crippen LogP contribution in [0.1, 0.15) is 106 Å². The smallest absolute Gasteiger partial charge is 0.410 e. The molecule has 6 amide bonds. The van der Waals surface area contributed by atoms with Crippen LogP contribution in [0, 0.1) is 11.8 Å². The number of amides is 6. The van der Waals surface area contributed by atoms with Crippen LogP contribution in [-0.2, 0) is 19.1 Å². The molecule has 292 valence electrons. The summed E-state index contributed by atoms with van der Waals surface area (Å²) in [6, 6.07) is 0.00333. The number of fused-ring (bicyclic) bond motifs is 4. The highest BCUT2D eigenvalue weighted by Crippen LogP contribution is 2.33. The highest BCUT2D eigenvalue weighted by molar-refractivity contribution is 5.91. The molecule has 0 spiro atoms. The molecule has 0 aromatic carbocycles. The molecule has 0 saturated carbocycles. The molecule has 0 aromatic heterocycles. The van der Waals surface area contributed by atoms with Gasteiger partial charge in [-0.05, 0) is 105 Å². The first-order chi connectivity index (χ1) is 24.3. The summed E-state index contributed by atoms with van der Waals surface area (Å²) in [5.74, 6) is 0.939. The molecule has 6 aliphatic heterocycles. The molecule has 0 N–H and O–H groups in total. The molecule has 6 fully saturated rings. The van der Waals surface area contributed by atoms with Crippen molar-refractivity contribution in [3.63, 3.8) is 0 Å². The topological polar surface area (TPSA) is 140 Å². The molecule has 14 heteroatoms. The molecule has 0 aliphatic carbocycles. The molecule has 6 saturated heterocycles. The third kappa shape index (κ3) is 9.50. The van der Waals surface area contributed by atoms with E-state index in [-0.39, 0.29) is 71.8 Å². The first-order valence-corrected chi connectivity index (χ1v) is 19.4. The highest BCUT2D eigenvalue weighted by atomic mass is 16.6. The fourth-order valence-electron chi connectivity index (χ4n) is 8.48. The lowest BCUT2D eigenvalue weighted by molar-refractivity contribution is -0.126. The predicted octanol–water partition coefficient (Wildman–Crippen LogP) is 4.98. The Morgan fingerprint density at radius 1 is 0.558 bits per heavy atom. The molecule has 14 nitrogen and oxygen atoms in total. The molecular formula is C38H62N6O8. The zero-order valence-electron chi connectivity index (χ0n) is 32.7. The Balaban J connectivity index is 0.000000201. The quantitative estimate of drug-likeness (QED) is 0.373. The van der Waals surface area contributed by atoms with Crippen LogP contribution in [0.3, 0.4) is 0 Å². The number of likely N-dealkylation sites (N-methyl/N-ethyl adjacent to an activating group) is 2. The van der Waals surface area contributed by atoms with Crippen molar-refractivity contribution in [2.75, 3.05) is 53.4 Å². The van der Waals surface area contributed by atoms with Gasteiger partial charge in [0.05, 0.1) is 24.2 Å². The Morgan fingerprint density at radius 3 is 1.19 bits per heavy atom. The minimum atomic E-state index is -0.488. The maximum atomic E-state index is 12.8. The van der Waals surface area contributed by atoms with E-state index in [9.17, 15) is 28.8 Å². The lowest BCUT2D eigenvalue weighted by Gasteiger charge is -2.35. The number of likely N-dealkylation sites (tertiary alicyclic amines) is 2. The molecule has 4 atom stereocenters. The van der Waals surface area contributed by atoms with Crippen molar-refractivity contribution in [3.05, 3.63) is 0 Å². The van der Waals surface area contributed by atoms with Crippen molar-refractivity contribution >= 4 is 35.8 Å². The molecule has 6 rings (SSSR count). The van der Waals surface area contributed by atoms with Gasteiger partial charge in [0.2, 0.25) is 0 Å². The van der Waals surface area contributed by atoms with Gasteiger partial charge < -0.3 is 38.9 Å². The van der Waals surface area contributed by atoms with E-state index in [1.165, 1.54) is 0 Å². The summed E-state index contributed by atoms with van der Waals surface area (Å²) in [6.07, 6.45) is 7.09. The summed E-state index contributed by atoms with van der Waals surface area (Å²) in [5.41, 5.74) is -0.976. The molecule has 6 aliphatic rings. The number of urea groups is 2. The standard InChI is InChI=1S/2C19H31N3O4/c2*1-19(2,3)26-18(25)21-9-7-13(8-10-21)11-16(23)15-6-5-14-12-22(15)17(24)20(14)4/h2*13-15H,5-12H2,1-4H3/t2*14-,15+/m11/s1. The van der Waals surface area contributed by atoms with Crippen molar-refractivity contribution in [2.24, 2.45) is 11.8 Å². The van der Waals surface area contributed by atoms with Crippen LogP contribution in [0.25, 0.3) is 0 Å². The average molecular weight is 731 g/mol. The SMILES string of the molecule is CN1C(=O)N2C[C@H]1CC[C@H]2C(=O)CC1CCN(C(=O)OC(C)(C)C)CC1.CN1C(=O)N2C[C@H]1CC[C@H]2C(=O)CC1CCN(C(=O)OC(C)(C)C)CC1. The van der Waals surface area contributed by atoms with E-state index >= 15 is 0 Å². The summed E-state index contributed by atoms with van der Waals surface area (Å²) in [5, 5.41) is 0. The third-order valence-electron chi connectivity index (χ3n) is 11.6. The third-order valence-corrected chi connectivity index (χ3v) is 11.6. The Bertz CT molecular complexity index is 1260. The number of nitrogens with zero attached hydrogens (tertiary/aromatic N) is 6. The van der Waals surface area contributed by atoms with Gasteiger partial charge >= 0.3 is 24.2 Å². The van der Waals surface area contributed by atoms with Crippen molar-refractivity contribution in [2.45, 2.75) is 141 Å². The minimum absolute atomic E-state index is 0.00871. The fourth-order valence-corrected chi connectivity index (χ4v) is 8.48. The van der Waals surface area contributed by atoms with E-state index in [1.54, 1.807) is 29.4 Å². The Labute approximate surface area is 309 Å². The van der Waals surface area contributed by atoms with Crippen molar-refractivity contribution in [3.8, 4) is 0 Å². The second-order valence-corrected chi connectivity index (χ2v) is 17.7. The first-order valence-electron chi connectivity index (χ1n) is 19.4. The van der Waals surface area contributed by atoms with Gasteiger partial charge in [0.1, 0.15) is 11.2 Å². The van der Waals surface area contributed by atoms with Crippen LogP contribution < -0.4 is 0 Å². The monoisotopic (exact) mass is 730 g/mol. The van der Waals surface area contributed by atoms with Gasteiger partial charge in [-0.2, -0.15) is 0 Å². The summed E-state index contributed by atoms with van der Waals surface area (Å²) >= 11 is 0. The fraction of sp³-hybridized carbons (Fsp3) is 0.842. The minimum Gasteiger partial charge on any atom is -0.444 e. The summed E-state index contributed by atoms with van der Waals surface area (Å²) in [4.78, 5) is 84.9. The number of carbonyl (C=O) groups is 6. The molecule has 52 heavy (non-hydrogen) atoms. The van der Waals surface area contributed by atoms with E-state index in [1.807, 2.05) is 55.6 Å². The van der Waals surface area contributed by atoms with Crippen LogP contribution in [0.4, 0.5) is 19.2 Å². The van der Waals surface area contributed by atoms with Crippen LogP contribution in [0.2, 0.25) is 0 Å². The second kappa shape index (κ2) is 15.8. The largest absolute Gasteiger partial charge is 0.444 e. The zero-order valence-corrected chi connectivity index (χ0v) is 32.7. The molecule has 0 radical (unpaired) electrons. The maximum absolute atomic E-state index is 12.8. The number of rotatable bonds is 6. The van der Waals surface area contributed by atoms with Crippen LogP contribution >= 0.6 is 0 Å². The molecule has 0 unspecified atom stereocenters. The van der Waals surface area contributed by atoms with Gasteiger partial charge in [-0.1, -0.05) is 0 Å². The Kier molecular flexibility index (Phi) is 12.0. The van der Waals surface area contributed by atoms with Gasteiger partial charge in [0.15, 0.2) is 11.6 Å². The molecule has 0 aromatic rings. The van der Waals surface area contributed by atoms with E-state index in [4.69, 9.17) is 9.47 Å². The van der Waals surface area contributed by atoms with Crippen LogP contribution in [0.5, 0.6) is 0 Å². The number of ether oxygens (including phenoxy) is 2. The summed E-state index contributed by atoms with van der Waals surface area (Å²) < 4.78 is 10.8. The van der Waals surface area contributed by atoms with Crippen LogP contribution in [0.15, 0.2) is 0 Å². The van der Waals surface area contributed by atoms with Crippen LogP contribution in [-0.4, -0.2) is 154 Å². The summed E-state index contributed by atoms with van der Waals surface area (Å²) in [7, 11) is 3.65. The number of ketones is 2. The number of piperidine rings is 4. The number of hydrogen-bond donors (Lipinski definition) is 0. The lowest BCUT2D eigenvalue weighted by atomic mass is 9.87. The van der Waals surface area contributed by atoms with Gasteiger partial charge in [-0.3, -0.25) is 9.59 Å².